The minimum atomic E-state index is -0.496. The van der Waals surface area contributed by atoms with Crippen molar-refractivity contribution in [2.75, 3.05) is 4.90 Å². The Balaban J connectivity index is 1.07. The van der Waals surface area contributed by atoms with E-state index >= 15 is 0 Å². The Kier molecular flexibility index (Phi) is 7.99. The van der Waals surface area contributed by atoms with E-state index in [2.05, 4.69) is 231 Å². The lowest BCUT2D eigenvalue weighted by molar-refractivity contribution is 0.660. The van der Waals surface area contributed by atoms with E-state index in [1.807, 2.05) is 0 Å². The van der Waals surface area contributed by atoms with Crippen LogP contribution in [0.25, 0.3) is 50.2 Å². The molecule has 9 aromatic rings. The fraction of sp³-hybridized carbons (Fsp3) is 0.100. The first kappa shape index (κ1) is 35.7. The topological polar surface area (TPSA) is 3.24 Å². The minimum Gasteiger partial charge on any atom is -0.310 e. The number of rotatable bonds is 6. The average molecular weight is 780 g/mol. The van der Waals surface area contributed by atoms with Crippen molar-refractivity contribution in [1.29, 1.82) is 0 Å². The third kappa shape index (κ3) is 5.40. The summed E-state index contributed by atoms with van der Waals surface area (Å²) in [6, 6.07) is 75.2. The van der Waals surface area contributed by atoms with Gasteiger partial charge < -0.3 is 4.90 Å². The van der Waals surface area contributed by atoms with E-state index in [9.17, 15) is 0 Å². The van der Waals surface area contributed by atoms with Crippen molar-refractivity contribution in [3.8, 4) is 33.4 Å². The molecule has 0 saturated carbocycles. The van der Waals surface area contributed by atoms with E-state index in [1.165, 1.54) is 88.7 Å². The van der Waals surface area contributed by atoms with Crippen LogP contribution in [0.5, 0.6) is 0 Å². The largest absolute Gasteiger partial charge is 0.310 e. The molecule has 0 N–H and O–H groups in total. The fourth-order valence-corrected chi connectivity index (χ4v) is 11.0. The Morgan fingerprint density at radius 2 is 1.03 bits per heavy atom. The zero-order valence-electron chi connectivity index (χ0n) is 34.6. The van der Waals surface area contributed by atoms with Crippen LogP contribution in [-0.2, 0) is 17.3 Å². The molecule has 0 aliphatic heterocycles. The standard InChI is InChI=1S/C60H45N/c1-59(2)55-34-32-49(38-54(55)53-36-43-17-11-12-18-44(43)37-57(53)59)61(48-29-27-41(28-30-48)45-26-25-40-15-9-10-16-42(40)35-45)50-31-33-52-51-23-13-14-24-56(51)60(58(52)39-50,46-19-5-3-6-20-46)47-21-7-4-8-22-47/h3-10,12-16,18-39H,11,17H2,1-2H3. The molecular weight excluding hydrogens is 735 g/mol. The summed E-state index contributed by atoms with van der Waals surface area (Å²) in [5, 5.41) is 2.51. The van der Waals surface area contributed by atoms with Crippen LogP contribution < -0.4 is 4.90 Å². The van der Waals surface area contributed by atoms with Crippen molar-refractivity contribution < 1.29 is 0 Å². The molecule has 0 spiro atoms. The summed E-state index contributed by atoms with van der Waals surface area (Å²) in [5.74, 6) is 0. The molecule has 0 fully saturated rings. The average Bonchev–Trinajstić information content (AvgIpc) is 3.73. The zero-order valence-corrected chi connectivity index (χ0v) is 34.6. The van der Waals surface area contributed by atoms with Crippen LogP contribution in [-0.4, -0.2) is 0 Å². The Hall–Kier alpha value is -7.22. The summed E-state index contributed by atoms with van der Waals surface area (Å²) in [6.07, 6.45) is 6.83. The van der Waals surface area contributed by atoms with Crippen molar-refractivity contribution >= 4 is 33.9 Å². The zero-order chi connectivity index (χ0) is 40.7. The molecule has 9 aromatic carbocycles. The Bertz CT molecular complexity index is 3170. The summed E-state index contributed by atoms with van der Waals surface area (Å²) >= 11 is 0. The van der Waals surface area contributed by atoms with Gasteiger partial charge in [-0.25, -0.2) is 0 Å². The normalized spacial score (nSPS) is 14.8. The van der Waals surface area contributed by atoms with Gasteiger partial charge in [0, 0.05) is 22.5 Å². The van der Waals surface area contributed by atoms with Gasteiger partial charge in [-0.2, -0.15) is 0 Å². The van der Waals surface area contributed by atoms with Crippen LogP contribution in [0.3, 0.4) is 0 Å². The van der Waals surface area contributed by atoms with Gasteiger partial charge >= 0.3 is 0 Å². The number of hydrogen-bond acceptors (Lipinski definition) is 1. The van der Waals surface area contributed by atoms with Gasteiger partial charge in [0.15, 0.2) is 0 Å². The van der Waals surface area contributed by atoms with E-state index in [-0.39, 0.29) is 5.41 Å². The van der Waals surface area contributed by atoms with Gasteiger partial charge in [-0.3, -0.25) is 0 Å². The maximum atomic E-state index is 2.49. The Labute approximate surface area is 358 Å². The highest BCUT2D eigenvalue weighted by Gasteiger charge is 2.46. The molecule has 0 heterocycles. The molecular formula is C60H45N. The molecule has 290 valence electrons. The second-order valence-corrected chi connectivity index (χ2v) is 17.6. The number of anilines is 3. The van der Waals surface area contributed by atoms with Crippen LogP contribution in [0.4, 0.5) is 17.1 Å². The first-order valence-electron chi connectivity index (χ1n) is 21.7. The van der Waals surface area contributed by atoms with Crippen molar-refractivity contribution in [2.45, 2.75) is 37.5 Å². The molecule has 12 rings (SSSR count). The van der Waals surface area contributed by atoms with Gasteiger partial charge in [0.1, 0.15) is 0 Å². The van der Waals surface area contributed by atoms with Crippen LogP contribution in [0.1, 0.15) is 64.8 Å². The number of allylic oxidation sites excluding steroid dienone is 1. The molecule has 0 unspecified atom stereocenters. The number of nitrogens with zero attached hydrogens (tertiary/aromatic N) is 1. The highest BCUT2D eigenvalue weighted by Crippen LogP contribution is 2.58. The van der Waals surface area contributed by atoms with Crippen molar-refractivity contribution in [2.24, 2.45) is 0 Å². The molecule has 0 aromatic heterocycles. The molecule has 0 atom stereocenters. The lowest BCUT2D eigenvalue weighted by atomic mass is 9.67. The molecule has 3 aliphatic carbocycles. The van der Waals surface area contributed by atoms with Gasteiger partial charge in [0.25, 0.3) is 0 Å². The lowest BCUT2D eigenvalue weighted by Crippen LogP contribution is -2.28. The van der Waals surface area contributed by atoms with Gasteiger partial charge in [0.05, 0.1) is 5.41 Å². The predicted molar refractivity (Wildman–Crippen MR) is 256 cm³/mol. The number of hydrogen-bond donors (Lipinski definition) is 0. The minimum absolute atomic E-state index is 0.0971. The van der Waals surface area contributed by atoms with Crippen LogP contribution in [0.15, 0.2) is 206 Å². The van der Waals surface area contributed by atoms with Gasteiger partial charge in [0.2, 0.25) is 0 Å². The SMILES string of the molecule is CC1(C)c2ccc(N(c3ccc(-c4ccc5ccccc5c4)cc3)c3ccc4c(c3)C(c3ccccc3)(c3ccccc3)c3ccccc3-4)cc2-c2cc3c(cc21)C=CCC3. The first-order valence-corrected chi connectivity index (χ1v) is 21.7. The third-order valence-corrected chi connectivity index (χ3v) is 14.0. The summed E-state index contributed by atoms with van der Waals surface area (Å²) in [4.78, 5) is 2.49. The van der Waals surface area contributed by atoms with Gasteiger partial charge in [-0.1, -0.05) is 178 Å². The predicted octanol–water partition coefficient (Wildman–Crippen LogP) is 15.6. The first-order chi connectivity index (χ1) is 30.0. The van der Waals surface area contributed by atoms with Crippen LogP contribution in [0, 0.1) is 0 Å². The summed E-state index contributed by atoms with van der Waals surface area (Å²) < 4.78 is 0. The number of benzene rings is 9. The monoisotopic (exact) mass is 779 g/mol. The highest BCUT2D eigenvalue weighted by molar-refractivity contribution is 5.92. The van der Waals surface area contributed by atoms with E-state index in [0.717, 1.165) is 29.9 Å². The maximum Gasteiger partial charge on any atom is 0.0714 e. The van der Waals surface area contributed by atoms with Crippen LogP contribution in [0.2, 0.25) is 0 Å². The Morgan fingerprint density at radius 3 is 1.82 bits per heavy atom. The van der Waals surface area contributed by atoms with Gasteiger partial charge in [-0.05, 0) is 150 Å². The molecule has 1 heteroatoms. The highest BCUT2D eigenvalue weighted by atomic mass is 15.1. The number of fused-ring (bicyclic) bond motifs is 8. The quantitative estimate of drug-likeness (QED) is 0.162. The maximum absolute atomic E-state index is 2.49. The van der Waals surface area contributed by atoms with E-state index < -0.39 is 5.41 Å². The fourth-order valence-electron chi connectivity index (χ4n) is 11.0. The smallest absolute Gasteiger partial charge is 0.0714 e. The summed E-state index contributed by atoms with van der Waals surface area (Å²) in [6.45, 7) is 4.79. The third-order valence-electron chi connectivity index (χ3n) is 14.0. The van der Waals surface area contributed by atoms with E-state index in [4.69, 9.17) is 0 Å². The van der Waals surface area contributed by atoms with Gasteiger partial charge in [-0.15, -0.1) is 0 Å². The summed E-state index contributed by atoms with van der Waals surface area (Å²) in [7, 11) is 0. The van der Waals surface area contributed by atoms with E-state index in [0.29, 0.717) is 0 Å². The molecule has 0 radical (unpaired) electrons. The molecule has 0 amide bonds. The summed E-state index contributed by atoms with van der Waals surface area (Å²) in [5.41, 5.74) is 21.3. The van der Waals surface area contributed by atoms with Crippen molar-refractivity contribution in [3.05, 3.63) is 251 Å². The molecule has 0 saturated heterocycles. The second-order valence-electron chi connectivity index (χ2n) is 17.6. The Morgan fingerprint density at radius 1 is 0.410 bits per heavy atom. The molecule has 1 nitrogen and oxygen atoms in total. The second kappa shape index (κ2) is 13.7. The lowest BCUT2D eigenvalue weighted by Gasteiger charge is -2.35. The van der Waals surface area contributed by atoms with Crippen molar-refractivity contribution in [1.82, 2.24) is 0 Å². The molecule has 0 bridgehead atoms. The van der Waals surface area contributed by atoms with Crippen molar-refractivity contribution in [3.63, 3.8) is 0 Å². The molecule has 3 aliphatic rings. The molecule has 61 heavy (non-hydrogen) atoms. The van der Waals surface area contributed by atoms with Crippen LogP contribution >= 0.6 is 0 Å². The number of aryl methyl sites for hydroxylation is 1. The van der Waals surface area contributed by atoms with E-state index in [1.54, 1.807) is 0 Å².